The number of para-hydroxylation sites is 1. The van der Waals surface area contributed by atoms with Gasteiger partial charge in [-0.3, -0.25) is 14.7 Å². The lowest BCUT2D eigenvalue weighted by Gasteiger charge is -2.34. The van der Waals surface area contributed by atoms with Gasteiger partial charge in [-0.15, -0.1) is 0 Å². The monoisotopic (exact) mass is 384 g/mol. The zero-order chi connectivity index (χ0) is 19.0. The fraction of sp³-hybridized carbons (Fsp3) is 0.211. The van der Waals surface area contributed by atoms with E-state index in [4.69, 9.17) is 16.3 Å². The topological polar surface area (TPSA) is 78.5 Å². The number of methoxy groups -OCH3 is 1. The molecule has 1 aromatic heterocycles. The van der Waals surface area contributed by atoms with Crippen molar-refractivity contribution < 1.29 is 14.3 Å². The summed E-state index contributed by atoms with van der Waals surface area (Å²) < 4.78 is 5.22. The Labute approximate surface area is 160 Å². The number of amides is 2. The zero-order valence-electron chi connectivity index (χ0n) is 14.6. The van der Waals surface area contributed by atoms with Crippen molar-refractivity contribution in [3.63, 3.8) is 0 Å². The third-order valence-corrected chi connectivity index (χ3v) is 4.94. The fourth-order valence-corrected chi connectivity index (χ4v) is 3.44. The average molecular weight is 385 g/mol. The number of anilines is 1. The van der Waals surface area contributed by atoms with E-state index >= 15 is 0 Å². The van der Waals surface area contributed by atoms with Gasteiger partial charge in [-0.2, -0.15) is 5.10 Å². The number of carbonyl (C=O) groups excluding carboxylic acids is 2. The molecule has 2 aromatic carbocycles. The Morgan fingerprint density at radius 2 is 2.04 bits per heavy atom. The van der Waals surface area contributed by atoms with E-state index in [1.54, 1.807) is 42.3 Å². The summed E-state index contributed by atoms with van der Waals surface area (Å²) >= 11 is 6.20. The fourth-order valence-electron chi connectivity index (χ4n) is 3.20. The van der Waals surface area contributed by atoms with Crippen molar-refractivity contribution in [2.24, 2.45) is 0 Å². The number of ether oxygens (including phenoxy) is 1. The second-order valence-corrected chi connectivity index (χ2v) is 6.61. The number of nitrogens with zero attached hydrogens (tertiary/aromatic N) is 3. The summed E-state index contributed by atoms with van der Waals surface area (Å²) in [5.41, 5.74) is 1.68. The minimum atomic E-state index is -0.290. The van der Waals surface area contributed by atoms with Crippen LogP contribution in [-0.4, -0.2) is 53.7 Å². The van der Waals surface area contributed by atoms with Crippen molar-refractivity contribution in [1.82, 2.24) is 15.1 Å². The average Bonchev–Trinajstić information content (AvgIpc) is 3.11. The van der Waals surface area contributed by atoms with Gasteiger partial charge in [-0.25, -0.2) is 0 Å². The van der Waals surface area contributed by atoms with Crippen LogP contribution in [0.4, 0.5) is 5.69 Å². The number of rotatable bonds is 3. The Hall–Kier alpha value is -3.06. The molecule has 0 aliphatic carbocycles. The Morgan fingerprint density at radius 3 is 2.78 bits per heavy atom. The van der Waals surface area contributed by atoms with Crippen molar-refractivity contribution in [2.75, 3.05) is 31.6 Å². The number of fused-ring (bicyclic) bond motifs is 1. The van der Waals surface area contributed by atoms with Gasteiger partial charge in [-0.05, 0) is 30.3 Å². The Bertz CT molecular complexity index is 1030. The van der Waals surface area contributed by atoms with Gasteiger partial charge in [-0.1, -0.05) is 23.7 Å². The quantitative estimate of drug-likeness (QED) is 0.753. The molecule has 2 heterocycles. The molecule has 0 radical (unpaired) electrons. The number of piperazine rings is 1. The van der Waals surface area contributed by atoms with Crippen molar-refractivity contribution in [1.29, 1.82) is 0 Å². The highest BCUT2D eigenvalue weighted by Crippen LogP contribution is 2.27. The molecule has 3 aromatic rings. The lowest BCUT2D eigenvalue weighted by molar-refractivity contribution is -0.120. The Kier molecular flexibility index (Phi) is 4.45. The molecule has 138 valence electrons. The van der Waals surface area contributed by atoms with E-state index in [1.807, 2.05) is 12.1 Å². The van der Waals surface area contributed by atoms with Crippen molar-refractivity contribution in [2.45, 2.75) is 0 Å². The molecule has 1 N–H and O–H groups in total. The summed E-state index contributed by atoms with van der Waals surface area (Å²) in [5, 5.41) is 8.17. The summed E-state index contributed by atoms with van der Waals surface area (Å²) in [6.07, 6.45) is 0. The van der Waals surface area contributed by atoms with Crippen LogP contribution in [0, 0.1) is 0 Å². The third-order valence-electron chi connectivity index (χ3n) is 4.62. The van der Waals surface area contributed by atoms with Crippen LogP contribution in [0.15, 0.2) is 42.5 Å². The Balaban J connectivity index is 1.57. The van der Waals surface area contributed by atoms with Crippen LogP contribution in [0.2, 0.25) is 5.02 Å². The highest BCUT2D eigenvalue weighted by molar-refractivity contribution is 6.33. The lowest BCUT2D eigenvalue weighted by Crippen LogP contribution is -2.52. The van der Waals surface area contributed by atoms with Crippen LogP contribution in [-0.2, 0) is 4.79 Å². The minimum absolute atomic E-state index is 0.0254. The van der Waals surface area contributed by atoms with Crippen LogP contribution < -0.4 is 9.64 Å². The number of hydrogen-bond acceptors (Lipinski definition) is 4. The first-order valence-electron chi connectivity index (χ1n) is 8.45. The summed E-state index contributed by atoms with van der Waals surface area (Å²) in [6.45, 7) is 0.747. The van der Waals surface area contributed by atoms with Gasteiger partial charge in [0.1, 0.15) is 12.3 Å². The van der Waals surface area contributed by atoms with E-state index in [1.165, 1.54) is 4.90 Å². The number of benzene rings is 2. The first kappa shape index (κ1) is 17.4. The van der Waals surface area contributed by atoms with E-state index in [0.29, 0.717) is 34.9 Å². The van der Waals surface area contributed by atoms with E-state index < -0.39 is 0 Å². The number of aromatic amines is 1. The molecule has 7 nitrogen and oxygen atoms in total. The number of halogens is 1. The third kappa shape index (κ3) is 3.10. The predicted octanol–water partition coefficient (Wildman–Crippen LogP) is 2.71. The molecular formula is C19H17ClN4O3. The summed E-state index contributed by atoms with van der Waals surface area (Å²) in [4.78, 5) is 28.7. The number of hydrogen-bond donors (Lipinski definition) is 1. The highest BCUT2D eigenvalue weighted by Gasteiger charge is 2.31. The summed E-state index contributed by atoms with van der Waals surface area (Å²) in [5.74, 6) is 0.166. The van der Waals surface area contributed by atoms with Gasteiger partial charge >= 0.3 is 0 Å². The number of carbonyl (C=O) groups is 2. The lowest BCUT2D eigenvalue weighted by atomic mass is 10.1. The van der Waals surface area contributed by atoms with Crippen LogP contribution in [0.25, 0.3) is 10.9 Å². The summed E-state index contributed by atoms with van der Waals surface area (Å²) in [6, 6.07) is 12.5. The van der Waals surface area contributed by atoms with E-state index in [-0.39, 0.29) is 24.1 Å². The van der Waals surface area contributed by atoms with Crippen LogP contribution in [0.5, 0.6) is 5.75 Å². The highest BCUT2D eigenvalue weighted by atomic mass is 35.5. The van der Waals surface area contributed by atoms with E-state index in [2.05, 4.69) is 10.2 Å². The normalized spacial score (nSPS) is 14.7. The van der Waals surface area contributed by atoms with Crippen molar-refractivity contribution in [3.8, 4) is 5.75 Å². The first-order chi connectivity index (χ1) is 13.1. The standard InChI is InChI=1S/C19H17ClN4O3/c1-27-12-6-7-15-13(10-12)18(22-21-15)19(26)23-8-9-24(17(25)11-23)16-5-3-2-4-14(16)20/h2-7,10H,8-9,11H2,1H3,(H,21,22). The van der Waals surface area contributed by atoms with Crippen LogP contribution in [0.1, 0.15) is 10.5 Å². The van der Waals surface area contributed by atoms with Crippen molar-refractivity contribution in [3.05, 3.63) is 53.2 Å². The maximum absolute atomic E-state index is 12.9. The second-order valence-electron chi connectivity index (χ2n) is 6.21. The molecule has 2 amide bonds. The maximum atomic E-state index is 12.9. The van der Waals surface area contributed by atoms with Gasteiger partial charge in [0, 0.05) is 18.5 Å². The largest absolute Gasteiger partial charge is 0.497 e. The van der Waals surface area contributed by atoms with Gasteiger partial charge in [0.2, 0.25) is 5.91 Å². The molecule has 8 heteroatoms. The van der Waals surface area contributed by atoms with Crippen LogP contribution >= 0.6 is 11.6 Å². The van der Waals surface area contributed by atoms with Crippen molar-refractivity contribution >= 4 is 40.0 Å². The minimum Gasteiger partial charge on any atom is -0.497 e. The van der Waals surface area contributed by atoms with Gasteiger partial charge in [0.05, 0.1) is 23.3 Å². The molecule has 1 fully saturated rings. The second kappa shape index (κ2) is 6.92. The SMILES string of the molecule is COc1ccc2[nH]nc(C(=O)N3CCN(c4ccccc4Cl)C(=O)C3)c2c1. The molecule has 0 saturated carbocycles. The van der Waals surface area contributed by atoms with Gasteiger partial charge in [0.25, 0.3) is 5.91 Å². The smallest absolute Gasteiger partial charge is 0.275 e. The predicted molar refractivity (Wildman–Crippen MR) is 102 cm³/mol. The van der Waals surface area contributed by atoms with E-state index in [0.717, 1.165) is 5.52 Å². The number of H-pyrrole nitrogens is 1. The zero-order valence-corrected chi connectivity index (χ0v) is 15.4. The molecule has 1 aliphatic heterocycles. The molecule has 0 spiro atoms. The number of aromatic nitrogens is 2. The number of nitrogens with one attached hydrogen (secondary N) is 1. The maximum Gasteiger partial charge on any atom is 0.275 e. The Morgan fingerprint density at radius 1 is 1.22 bits per heavy atom. The summed E-state index contributed by atoms with van der Waals surface area (Å²) in [7, 11) is 1.56. The van der Waals surface area contributed by atoms with Gasteiger partial charge < -0.3 is 14.5 Å². The molecule has 1 saturated heterocycles. The molecular weight excluding hydrogens is 368 g/mol. The molecule has 0 unspecified atom stereocenters. The van der Waals surface area contributed by atoms with Gasteiger partial charge in [0.15, 0.2) is 5.69 Å². The van der Waals surface area contributed by atoms with E-state index in [9.17, 15) is 9.59 Å². The molecule has 27 heavy (non-hydrogen) atoms. The van der Waals surface area contributed by atoms with Crippen LogP contribution in [0.3, 0.4) is 0 Å². The molecule has 0 bridgehead atoms. The molecule has 0 atom stereocenters. The molecule has 1 aliphatic rings. The molecule has 4 rings (SSSR count). The first-order valence-corrected chi connectivity index (χ1v) is 8.82.